The molecule has 1 aliphatic heterocycles. The normalized spacial score (nSPS) is 15.5. The maximum absolute atomic E-state index is 12.0. The van der Waals surface area contributed by atoms with Crippen molar-refractivity contribution >= 4 is 17.3 Å². The van der Waals surface area contributed by atoms with E-state index in [4.69, 9.17) is 0 Å². The summed E-state index contributed by atoms with van der Waals surface area (Å²) in [5.74, 6) is 0.868. The molecule has 1 aromatic heterocycles. The van der Waals surface area contributed by atoms with Crippen LogP contribution >= 0.6 is 0 Å². The molecule has 0 saturated carbocycles. The van der Waals surface area contributed by atoms with Gasteiger partial charge >= 0.3 is 0 Å². The lowest BCUT2D eigenvalue weighted by Gasteiger charge is -2.32. The minimum atomic E-state index is 0.0367. The summed E-state index contributed by atoms with van der Waals surface area (Å²) in [7, 11) is 0. The third-order valence-electron chi connectivity index (χ3n) is 4.56. The Bertz CT molecular complexity index is 630. The molecule has 0 atom stereocenters. The van der Waals surface area contributed by atoms with Crippen LogP contribution < -0.4 is 10.2 Å². The molecule has 0 aliphatic carbocycles. The van der Waals surface area contributed by atoms with Crippen molar-refractivity contribution < 1.29 is 4.79 Å². The molecule has 128 valence electrons. The third kappa shape index (κ3) is 4.57. The van der Waals surface area contributed by atoms with Crippen molar-refractivity contribution in [3.63, 3.8) is 0 Å². The maximum atomic E-state index is 12.0. The topological polar surface area (TPSA) is 63.1 Å². The van der Waals surface area contributed by atoms with Crippen LogP contribution in [0.4, 0.5) is 11.4 Å². The van der Waals surface area contributed by atoms with Gasteiger partial charge in [0.2, 0.25) is 5.91 Å². The fourth-order valence-corrected chi connectivity index (χ4v) is 3.00. The van der Waals surface area contributed by atoms with Crippen LogP contribution in [0.1, 0.15) is 32.6 Å². The van der Waals surface area contributed by atoms with Crippen molar-refractivity contribution in [2.75, 3.05) is 23.3 Å². The summed E-state index contributed by atoms with van der Waals surface area (Å²) in [5.41, 5.74) is 2.10. The van der Waals surface area contributed by atoms with E-state index in [1.54, 1.807) is 11.0 Å². The van der Waals surface area contributed by atoms with Crippen LogP contribution in [-0.4, -0.2) is 33.8 Å². The van der Waals surface area contributed by atoms with Gasteiger partial charge in [-0.15, -0.1) is 0 Å². The van der Waals surface area contributed by atoms with Crippen molar-refractivity contribution in [1.82, 2.24) is 14.8 Å². The smallest absolute Gasteiger partial charge is 0.224 e. The van der Waals surface area contributed by atoms with E-state index in [-0.39, 0.29) is 5.91 Å². The largest absolute Gasteiger partial charge is 0.372 e. The molecule has 0 bridgehead atoms. The van der Waals surface area contributed by atoms with Crippen LogP contribution in [0, 0.1) is 5.92 Å². The number of aryl methyl sites for hydroxylation is 1. The highest BCUT2D eigenvalue weighted by Gasteiger charge is 2.15. The number of nitrogens with zero attached hydrogens (tertiary/aromatic N) is 4. The first-order valence-corrected chi connectivity index (χ1v) is 8.68. The van der Waals surface area contributed by atoms with Gasteiger partial charge in [-0.05, 0) is 49.4 Å². The highest BCUT2D eigenvalue weighted by atomic mass is 16.1. The van der Waals surface area contributed by atoms with E-state index in [2.05, 4.69) is 39.4 Å². The van der Waals surface area contributed by atoms with E-state index < -0.39 is 0 Å². The van der Waals surface area contributed by atoms with Crippen LogP contribution in [0.2, 0.25) is 0 Å². The molecule has 1 aliphatic rings. The van der Waals surface area contributed by atoms with Crippen molar-refractivity contribution in [2.45, 2.75) is 39.2 Å². The number of amides is 1. The van der Waals surface area contributed by atoms with Crippen molar-refractivity contribution in [3.8, 4) is 0 Å². The van der Waals surface area contributed by atoms with Crippen molar-refractivity contribution in [2.24, 2.45) is 5.92 Å². The number of carbonyl (C=O) groups is 1. The zero-order chi connectivity index (χ0) is 16.8. The van der Waals surface area contributed by atoms with E-state index >= 15 is 0 Å². The minimum absolute atomic E-state index is 0.0367. The van der Waals surface area contributed by atoms with Gasteiger partial charge < -0.3 is 10.2 Å². The second-order valence-corrected chi connectivity index (χ2v) is 6.53. The number of benzene rings is 1. The Morgan fingerprint density at radius 3 is 2.67 bits per heavy atom. The summed E-state index contributed by atoms with van der Waals surface area (Å²) >= 11 is 0. The first-order valence-electron chi connectivity index (χ1n) is 8.68. The molecule has 0 radical (unpaired) electrons. The predicted molar refractivity (Wildman–Crippen MR) is 94.9 cm³/mol. The Balaban J connectivity index is 1.44. The van der Waals surface area contributed by atoms with Gasteiger partial charge in [-0.25, -0.2) is 4.98 Å². The molecule has 1 fully saturated rings. The number of carbonyl (C=O) groups excluding carboxylic acids is 1. The van der Waals surface area contributed by atoms with Gasteiger partial charge in [-0.1, -0.05) is 6.92 Å². The molecule has 1 N–H and O–H groups in total. The lowest BCUT2D eigenvalue weighted by molar-refractivity contribution is -0.116. The van der Waals surface area contributed by atoms with Crippen LogP contribution in [-0.2, 0) is 11.3 Å². The monoisotopic (exact) mass is 327 g/mol. The average Bonchev–Trinajstić information content (AvgIpc) is 3.10. The standard InChI is InChI=1S/C18H25N5O/c1-15-8-11-22(12-9-15)17-6-4-16(5-7-17)21-18(24)3-2-10-23-14-19-13-20-23/h4-7,13-15H,2-3,8-12H2,1H3,(H,21,24). The van der Waals surface area contributed by atoms with E-state index in [0.717, 1.165) is 31.1 Å². The van der Waals surface area contributed by atoms with Crippen molar-refractivity contribution in [1.29, 1.82) is 0 Å². The molecule has 0 spiro atoms. The molecule has 6 heteroatoms. The molecular formula is C18H25N5O. The second-order valence-electron chi connectivity index (χ2n) is 6.53. The zero-order valence-electron chi connectivity index (χ0n) is 14.2. The SMILES string of the molecule is CC1CCN(c2ccc(NC(=O)CCCn3cncn3)cc2)CC1. The Labute approximate surface area is 142 Å². The Kier molecular flexibility index (Phi) is 5.46. The fraction of sp³-hybridized carbons (Fsp3) is 0.500. The number of aromatic nitrogens is 3. The summed E-state index contributed by atoms with van der Waals surface area (Å²) in [6.45, 7) is 5.27. The van der Waals surface area contributed by atoms with E-state index in [9.17, 15) is 4.79 Å². The van der Waals surface area contributed by atoms with Crippen LogP contribution in [0.5, 0.6) is 0 Å². The predicted octanol–water partition coefficient (Wildman–Crippen LogP) is 2.93. The zero-order valence-corrected chi connectivity index (χ0v) is 14.2. The van der Waals surface area contributed by atoms with Gasteiger partial charge in [0.15, 0.2) is 0 Å². The lowest BCUT2D eigenvalue weighted by Crippen LogP contribution is -2.32. The van der Waals surface area contributed by atoms with Gasteiger partial charge in [0.25, 0.3) is 0 Å². The average molecular weight is 327 g/mol. The molecule has 24 heavy (non-hydrogen) atoms. The molecule has 6 nitrogen and oxygen atoms in total. The maximum Gasteiger partial charge on any atom is 0.224 e. The molecule has 2 aromatic rings. The van der Waals surface area contributed by atoms with Crippen molar-refractivity contribution in [3.05, 3.63) is 36.9 Å². The van der Waals surface area contributed by atoms with Gasteiger partial charge in [0, 0.05) is 37.4 Å². The van der Waals surface area contributed by atoms with Crippen LogP contribution in [0.3, 0.4) is 0 Å². The summed E-state index contributed by atoms with van der Waals surface area (Å²) < 4.78 is 1.74. The highest BCUT2D eigenvalue weighted by Crippen LogP contribution is 2.24. The molecular weight excluding hydrogens is 302 g/mol. The first-order chi connectivity index (χ1) is 11.7. The molecule has 0 unspecified atom stereocenters. The number of piperidine rings is 1. The Morgan fingerprint density at radius 2 is 2.00 bits per heavy atom. The minimum Gasteiger partial charge on any atom is -0.372 e. The summed E-state index contributed by atoms with van der Waals surface area (Å²) in [5, 5.41) is 6.98. The lowest BCUT2D eigenvalue weighted by atomic mass is 9.99. The highest BCUT2D eigenvalue weighted by molar-refractivity contribution is 5.90. The number of rotatable bonds is 6. The van der Waals surface area contributed by atoms with Crippen LogP contribution in [0.25, 0.3) is 0 Å². The first kappa shape index (κ1) is 16.5. The molecule has 3 rings (SSSR count). The van der Waals surface area contributed by atoms with Crippen LogP contribution in [0.15, 0.2) is 36.9 Å². The van der Waals surface area contributed by atoms with Gasteiger partial charge in [-0.2, -0.15) is 5.10 Å². The summed E-state index contributed by atoms with van der Waals surface area (Å²) in [4.78, 5) is 18.3. The molecule has 1 amide bonds. The molecule has 1 aromatic carbocycles. The fourth-order valence-electron chi connectivity index (χ4n) is 3.00. The van der Waals surface area contributed by atoms with Gasteiger partial charge in [-0.3, -0.25) is 9.48 Å². The Hall–Kier alpha value is -2.37. The third-order valence-corrected chi connectivity index (χ3v) is 4.56. The van der Waals surface area contributed by atoms with Gasteiger partial charge in [0.1, 0.15) is 12.7 Å². The number of nitrogens with one attached hydrogen (secondary N) is 1. The Morgan fingerprint density at radius 1 is 1.25 bits per heavy atom. The molecule has 1 saturated heterocycles. The van der Waals surface area contributed by atoms with Gasteiger partial charge in [0.05, 0.1) is 0 Å². The number of hydrogen-bond acceptors (Lipinski definition) is 4. The summed E-state index contributed by atoms with van der Waals surface area (Å²) in [6.07, 6.45) is 6.90. The number of hydrogen-bond donors (Lipinski definition) is 1. The van der Waals surface area contributed by atoms with E-state index in [1.807, 2.05) is 12.1 Å². The van der Waals surface area contributed by atoms with E-state index in [1.165, 1.54) is 24.9 Å². The molecule has 2 heterocycles. The summed E-state index contributed by atoms with van der Waals surface area (Å²) in [6, 6.07) is 8.17. The van der Waals surface area contributed by atoms with E-state index in [0.29, 0.717) is 13.0 Å². The number of anilines is 2. The quantitative estimate of drug-likeness (QED) is 0.886. The second kappa shape index (κ2) is 7.95.